The lowest BCUT2D eigenvalue weighted by molar-refractivity contribution is -0.136. The number of methoxy groups -OCH3 is 2. The molecule has 0 radical (unpaired) electrons. The number of fused-ring (bicyclic) bond motifs is 1. The Morgan fingerprint density at radius 2 is 1.32 bits per heavy atom. The number of H-pyrrole nitrogens is 2. The number of rotatable bonds is 13. The van der Waals surface area contributed by atoms with E-state index in [4.69, 9.17) is 19.4 Å². The van der Waals surface area contributed by atoms with Gasteiger partial charge in [-0.25, -0.2) is 19.6 Å². The highest BCUT2D eigenvalue weighted by molar-refractivity contribution is 5.91. The van der Waals surface area contributed by atoms with E-state index in [9.17, 15) is 19.2 Å². The van der Waals surface area contributed by atoms with Gasteiger partial charge in [0.15, 0.2) is 0 Å². The van der Waals surface area contributed by atoms with Gasteiger partial charge in [-0.1, -0.05) is 107 Å². The number of amides is 4. The fourth-order valence-electron chi connectivity index (χ4n) is 9.33. The van der Waals surface area contributed by atoms with E-state index in [1.165, 1.54) is 19.8 Å². The Bertz CT molecular complexity index is 2640. The van der Waals surface area contributed by atoms with Gasteiger partial charge in [0.05, 0.1) is 43.9 Å². The minimum atomic E-state index is -0.736. The van der Waals surface area contributed by atoms with Crippen molar-refractivity contribution in [3.8, 4) is 33.6 Å². The summed E-state index contributed by atoms with van der Waals surface area (Å²) in [6.45, 7) is 8.79. The second-order valence-corrected chi connectivity index (χ2v) is 17.9. The lowest BCUT2D eigenvalue weighted by atomic mass is 9.96. The van der Waals surface area contributed by atoms with E-state index >= 15 is 0 Å². The van der Waals surface area contributed by atoms with Gasteiger partial charge in [0.25, 0.3) is 0 Å². The smallest absolute Gasteiger partial charge is 0.407 e. The molecule has 4 aromatic carbocycles. The molecule has 2 aliphatic rings. The van der Waals surface area contributed by atoms with Crippen molar-refractivity contribution in [3.63, 3.8) is 0 Å². The normalized spacial score (nSPS) is 18.2. The van der Waals surface area contributed by atoms with Gasteiger partial charge in [-0.15, -0.1) is 0 Å². The molecule has 5 unspecified atom stereocenters. The summed E-state index contributed by atoms with van der Waals surface area (Å²) < 4.78 is 9.64. The van der Waals surface area contributed by atoms with Crippen LogP contribution in [0, 0.1) is 17.8 Å². The van der Waals surface area contributed by atoms with E-state index in [1.54, 1.807) is 0 Å². The average Bonchev–Trinajstić information content (AvgIpc) is 4.17. The number of benzene rings is 4. The molecule has 4 amide bonds. The molecule has 2 aromatic heterocycles. The highest BCUT2D eigenvalue weighted by atomic mass is 16.5. The summed E-state index contributed by atoms with van der Waals surface area (Å²) in [6.07, 6.45) is 5.66. The van der Waals surface area contributed by atoms with E-state index in [0.717, 1.165) is 75.9 Å². The molecule has 338 valence electrons. The van der Waals surface area contributed by atoms with E-state index in [0.29, 0.717) is 18.9 Å². The Hall–Kier alpha value is -6.96. The zero-order chi connectivity index (χ0) is 45.8. The van der Waals surface area contributed by atoms with Crippen LogP contribution in [0.25, 0.3) is 44.4 Å². The second kappa shape index (κ2) is 19.4. The number of alkyl carbamates (subject to hydrolysis) is 2. The third kappa shape index (κ3) is 9.76. The number of nitrogens with one attached hydrogen (secondary N) is 4. The molecule has 0 saturated carbocycles. The van der Waals surface area contributed by atoms with Gasteiger partial charge >= 0.3 is 12.2 Å². The van der Waals surface area contributed by atoms with Gasteiger partial charge in [0.1, 0.15) is 23.7 Å². The van der Waals surface area contributed by atoms with Gasteiger partial charge < -0.3 is 39.9 Å². The fourth-order valence-corrected chi connectivity index (χ4v) is 9.33. The van der Waals surface area contributed by atoms with Crippen molar-refractivity contribution in [2.24, 2.45) is 17.8 Å². The van der Waals surface area contributed by atoms with Crippen LogP contribution in [0.5, 0.6) is 0 Å². The minimum absolute atomic E-state index is 0.110. The molecule has 0 aliphatic carbocycles. The van der Waals surface area contributed by atoms with Crippen molar-refractivity contribution in [3.05, 3.63) is 121 Å². The number of aromatic nitrogens is 4. The summed E-state index contributed by atoms with van der Waals surface area (Å²) in [5.41, 5.74) is 6.97. The fraction of sp³-hybridized carbons (Fsp3) is 0.373. The molecule has 0 bridgehead atoms. The molecule has 5 atom stereocenters. The van der Waals surface area contributed by atoms with Crippen LogP contribution in [-0.4, -0.2) is 93.1 Å². The molecule has 2 saturated heterocycles. The molecule has 4 N–H and O–H groups in total. The highest BCUT2D eigenvalue weighted by Crippen LogP contribution is 2.38. The summed E-state index contributed by atoms with van der Waals surface area (Å²) in [7, 11) is 2.59. The van der Waals surface area contributed by atoms with Crippen molar-refractivity contribution < 1.29 is 28.7 Å². The predicted molar refractivity (Wildman–Crippen MR) is 249 cm³/mol. The van der Waals surface area contributed by atoms with Gasteiger partial charge in [-0.2, -0.15) is 0 Å². The molecule has 14 heteroatoms. The van der Waals surface area contributed by atoms with Crippen LogP contribution in [0.4, 0.5) is 9.59 Å². The molecule has 0 spiro atoms. The Labute approximate surface area is 379 Å². The summed E-state index contributed by atoms with van der Waals surface area (Å²) in [6, 6.07) is 29.5. The third-order valence-corrected chi connectivity index (χ3v) is 12.8. The molecular formula is C51H58N8O6. The number of carbonyl (C=O) groups excluding carboxylic acids is 4. The van der Waals surface area contributed by atoms with Crippen molar-refractivity contribution in [1.82, 2.24) is 40.4 Å². The summed E-state index contributed by atoms with van der Waals surface area (Å²) in [4.78, 5) is 72.4. The number of aromatic amines is 2. The monoisotopic (exact) mass is 878 g/mol. The van der Waals surface area contributed by atoms with E-state index in [-0.39, 0.29) is 41.7 Å². The summed E-state index contributed by atoms with van der Waals surface area (Å²) >= 11 is 0. The van der Waals surface area contributed by atoms with Gasteiger partial charge in [0, 0.05) is 24.8 Å². The van der Waals surface area contributed by atoms with Gasteiger partial charge in [0.2, 0.25) is 11.8 Å². The first-order valence-electron chi connectivity index (χ1n) is 22.5. The highest BCUT2D eigenvalue weighted by Gasteiger charge is 2.42. The Morgan fingerprint density at radius 3 is 1.97 bits per heavy atom. The molecule has 8 rings (SSSR count). The van der Waals surface area contributed by atoms with Crippen molar-refractivity contribution >= 4 is 34.8 Å². The molecule has 2 fully saturated rings. The SMILES string of the molecule is COC(=O)NC(C(=O)N1CCCC1c1nc(-c2ccc3cc(-c4ccc(-c5cnc(C6CC(Cc7ccccc7)CN6C(=O)C(NC(=O)OC)C(C)C)[nH]5)cc4)ccc3c2)c[nH]1)C(C)C. The second-order valence-electron chi connectivity index (χ2n) is 17.9. The van der Waals surface area contributed by atoms with Gasteiger partial charge in [-0.05, 0) is 88.6 Å². The quantitative estimate of drug-likeness (QED) is 0.0890. The predicted octanol–water partition coefficient (Wildman–Crippen LogP) is 8.84. The largest absolute Gasteiger partial charge is 0.453 e. The minimum Gasteiger partial charge on any atom is -0.453 e. The van der Waals surface area contributed by atoms with E-state index < -0.39 is 24.3 Å². The lowest BCUT2D eigenvalue weighted by Gasteiger charge is -2.30. The molecule has 14 nitrogen and oxygen atoms in total. The van der Waals surface area contributed by atoms with Crippen LogP contribution in [0.3, 0.4) is 0 Å². The molecule has 4 heterocycles. The zero-order valence-electron chi connectivity index (χ0n) is 37.8. The zero-order valence-corrected chi connectivity index (χ0v) is 37.8. The van der Waals surface area contributed by atoms with Crippen molar-refractivity contribution in [2.45, 2.75) is 77.5 Å². The topological polar surface area (TPSA) is 175 Å². The van der Waals surface area contributed by atoms with E-state index in [2.05, 4.69) is 93.4 Å². The van der Waals surface area contributed by atoms with Crippen molar-refractivity contribution in [2.75, 3.05) is 27.3 Å². The summed E-state index contributed by atoms with van der Waals surface area (Å²) in [5.74, 6) is 1.12. The maximum Gasteiger partial charge on any atom is 0.407 e. The Morgan fingerprint density at radius 1 is 0.723 bits per heavy atom. The van der Waals surface area contributed by atoms with Crippen LogP contribution in [0.1, 0.15) is 76.3 Å². The average molecular weight is 879 g/mol. The summed E-state index contributed by atoms with van der Waals surface area (Å²) in [5, 5.41) is 7.65. The Kier molecular flexibility index (Phi) is 13.3. The molecular weight excluding hydrogens is 821 g/mol. The van der Waals surface area contributed by atoms with Crippen LogP contribution in [0.2, 0.25) is 0 Å². The number of carbonyl (C=O) groups is 4. The van der Waals surface area contributed by atoms with E-state index in [1.807, 2.05) is 68.1 Å². The first-order chi connectivity index (χ1) is 31.4. The number of hydrogen-bond acceptors (Lipinski definition) is 8. The standard InChI is InChI=1S/C51H58N8O6/c1-30(2)44(56-50(62)64-5)48(60)58-22-10-13-42(58)46-52-28-41(55-46)39-21-20-37-25-36(18-19-38(37)26-39)34-14-16-35(17-15-34)40-27-53-47(54-40)43-24-33(23-32-11-8-7-9-12-32)29-59(43)49(61)45(31(3)4)57-51(63)65-6/h7-9,11-12,14-21,25-28,30-31,33,42-45H,10,13,22-24,29H2,1-6H3,(H,52,55)(H,53,54)(H,56,62)(H,57,63). The number of nitrogens with zero attached hydrogens (tertiary/aromatic N) is 4. The number of imidazole rings is 2. The molecule has 65 heavy (non-hydrogen) atoms. The molecule has 6 aromatic rings. The lowest BCUT2D eigenvalue weighted by Crippen LogP contribution is -2.51. The van der Waals surface area contributed by atoms with Crippen LogP contribution in [0.15, 0.2) is 103 Å². The molecule has 2 aliphatic heterocycles. The third-order valence-electron chi connectivity index (χ3n) is 12.8. The van der Waals surface area contributed by atoms with Crippen molar-refractivity contribution in [1.29, 1.82) is 0 Å². The van der Waals surface area contributed by atoms with Gasteiger partial charge in [-0.3, -0.25) is 9.59 Å². The van der Waals surface area contributed by atoms with Crippen LogP contribution < -0.4 is 10.6 Å². The first-order valence-corrected chi connectivity index (χ1v) is 22.5. The van der Waals surface area contributed by atoms with Crippen LogP contribution >= 0.6 is 0 Å². The maximum absolute atomic E-state index is 14.2. The van der Waals surface area contributed by atoms with Crippen LogP contribution in [-0.2, 0) is 25.5 Å². The first kappa shape index (κ1) is 44.6. The number of likely N-dealkylation sites (tertiary alicyclic amines) is 2. The Balaban J connectivity index is 0.963. The number of hydrogen-bond donors (Lipinski definition) is 4. The number of ether oxygens (including phenoxy) is 2. The maximum atomic E-state index is 14.2.